The van der Waals surface area contributed by atoms with E-state index in [-0.39, 0.29) is 29.7 Å². The molecule has 0 spiro atoms. The van der Waals surface area contributed by atoms with E-state index in [1.54, 1.807) is 0 Å². The fraction of sp³-hybridized carbons (Fsp3) is 0.842. The van der Waals surface area contributed by atoms with Gasteiger partial charge in [0.2, 0.25) is 0 Å². The normalized spacial score (nSPS) is 38.8. The molecule has 3 rings (SSSR count). The molecule has 0 aromatic carbocycles. The number of methoxy groups -OCH3 is 1. The molecule has 0 radical (unpaired) electrons. The maximum atomic E-state index is 12.9. The summed E-state index contributed by atoms with van der Waals surface area (Å²) >= 11 is 0. The second-order valence-corrected chi connectivity index (χ2v) is 8.57. The van der Waals surface area contributed by atoms with Crippen LogP contribution in [0.15, 0.2) is 0 Å². The van der Waals surface area contributed by atoms with Crippen LogP contribution in [-0.2, 0) is 28.6 Å². The first-order valence-electron chi connectivity index (χ1n) is 9.13. The Hall–Kier alpha value is -1.59. The second kappa shape index (κ2) is 5.71. The van der Waals surface area contributed by atoms with Gasteiger partial charge in [-0.3, -0.25) is 14.4 Å². The summed E-state index contributed by atoms with van der Waals surface area (Å²) < 4.78 is 16.8. The first kappa shape index (κ1) is 18.2. The van der Waals surface area contributed by atoms with E-state index in [2.05, 4.69) is 0 Å². The van der Waals surface area contributed by atoms with Gasteiger partial charge in [-0.25, -0.2) is 0 Å². The standard InChI is InChI=1S/C19H28O6/c1-7-18(4,5)17(22)25-19(9(2)3)11-8-10-12(13(11)15(20)23-6)16(21)24-14(10)19/h9-14H,7-8H2,1-6H3. The lowest BCUT2D eigenvalue weighted by Crippen LogP contribution is -2.58. The van der Waals surface area contributed by atoms with Gasteiger partial charge in [-0.1, -0.05) is 20.8 Å². The van der Waals surface area contributed by atoms with Crippen molar-refractivity contribution in [1.82, 2.24) is 0 Å². The van der Waals surface area contributed by atoms with Gasteiger partial charge < -0.3 is 14.2 Å². The summed E-state index contributed by atoms with van der Waals surface area (Å²) in [5.41, 5.74) is -1.60. The summed E-state index contributed by atoms with van der Waals surface area (Å²) in [6, 6.07) is 0. The quantitative estimate of drug-likeness (QED) is 0.558. The third-order valence-corrected chi connectivity index (χ3v) is 6.82. The maximum Gasteiger partial charge on any atom is 0.312 e. The third-order valence-electron chi connectivity index (χ3n) is 6.82. The van der Waals surface area contributed by atoms with Crippen LogP contribution in [0, 0.1) is 35.0 Å². The highest BCUT2D eigenvalue weighted by Crippen LogP contribution is 2.65. The zero-order valence-corrected chi connectivity index (χ0v) is 15.8. The van der Waals surface area contributed by atoms with Crippen LogP contribution in [-0.4, -0.2) is 36.7 Å². The maximum absolute atomic E-state index is 12.9. The Bertz CT molecular complexity index is 609. The molecule has 0 N–H and O–H groups in total. The van der Waals surface area contributed by atoms with Gasteiger partial charge in [-0.2, -0.15) is 0 Å². The molecule has 0 aromatic heterocycles. The van der Waals surface area contributed by atoms with Gasteiger partial charge in [0, 0.05) is 11.8 Å². The molecule has 25 heavy (non-hydrogen) atoms. The van der Waals surface area contributed by atoms with Crippen LogP contribution in [0.5, 0.6) is 0 Å². The van der Waals surface area contributed by atoms with Crippen LogP contribution in [0.2, 0.25) is 0 Å². The van der Waals surface area contributed by atoms with E-state index < -0.39 is 34.9 Å². The molecule has 2 saturated carbocycles. The molecule has 6 heteroatoms. The highest BCUT2D eigenvalue weighted by molar-refractivity contribution is 5.87. The molecular weight excluding hydrogens is 324 g/mol. The van der Waals surface area contributed by atoms with E-state index in [0.717, 1.165) is 0 Å². The third kappa shape index (κ3) is 2.25. The van der Waals surface area contributed by atoms with E-state index in [9.17, 15) is 14.4 Å². The molecule has 6 nitrogen and oxygen atoms in total. The van der Waals surface area contributed by atoms with Crippen molar-refractivity contribution in [2.75, 3.05) is 7.11 Å². The second-order valence-electron chi connectivity index (χ2n) is 8.57. The van der Waals surface area contributed by atoms with Gasteiger partial charge in [-0.15, -0.1) is 0 Å². The summed E-state index contributed by atoms with van der Waals surface area (Å²) in [5.74, 6) is -2.55. The van der Waals surface area contributed by atoms with E-state index in [1.807, 2.05) is 34.6 Å². The minimum Gasteiger partial charge on any atom is -0.469 e. The molecule has 2 bridgehead atoms. The lowest BCUT2D eigenvalue weighted by Gasteiger charge is -2.46. The number of hydrogen-bond donors (Lipinski definition) is 0. The highest BCUT2D eigenvalue weighted by Gasteiger charge is 2.77. The van der Waals surface area contributed by atoms with Crippen molar-refractivity contribution in [3.05, 3.63) is 0 Å². The largest absolute Gasteiger partial charge is 0.469 e. The SMILES string of the molecule is CCC(C)(C)C(=O)OC1(C(C)C)C2CC3C(C(=O)OC31)C2C(=O)OC. The molecule has 1 aliphatic heterocycles. The molecule has 140 valence electrons. The molecule has 2 aliphatic carbocycles. The minimum atomic E-state index is -0.963. The zero-order chi connectivity index (χ0) is 18.7. The number of fused-ring (bicyclic) bond motifs is 1. The number of esters is 3. The Morgan fingerprint density at radius 3 is 2.52 bits per heavy atom. The number of hydrogen-bond acceptors (Lipinski definition) is 6. The smallest absolute Gasteiger partial charge is 0.312 e. The monoisotopic (exact) mass is 352 g/mol. The Kier molecular flexibility index (Phi) is 4.16. The Labute approximate surface area is 148 Å². The van der Waals surface area contributed by atoms with Crippen LogP contribution in [0.3, 0.4) is 0 Å². The summed E-state index contributed by atoms with van der Waals surface area (Å²) in [5, 5.41) is 0. The van der Waals surface area contributed by atoms with Crippen molar-refractivity contribution in [1.29, 1.82) is 0 Å². The number of carbonyl (C=O) groups is 3. The van der Waals surface area contributed by atoms with Gasteiger partial charge >= 0.3 is 17.9 Å². The van der Waals surface area contributed by atoms with Crippen LogP contribution in [0.4, 0.5) is 0 Å². The van der Waals surface area contributed by atoms with Crippen LogP contribution < -0.4 is 0 Å². The Morgan fingerprint density at radius 1 is 1.36 bits per heavy atom. The van der Waals surface area contributed by atoms with Gasteiger partial charge in [-0.05, 0) is 32.6 Å². The van der Waals surface area contributed by atoms with Crippen LogP contribution >= 0.6 is 0 Å². The van der Waals surface area contributed by atoms with Crippen molar-refractivity contribution < 1.29 is 28.6 Å². The summed E-state index contributed by atoms with van der Waals surface area (Å²) in [6.07, 6.45) is 0.827. The van der Waals surface area contributed by atoms with Gasteiger partial charge in [0.25, 0.3) is 0 Å². The van der Waals surface area contributed by atoms with E-state index >= 15 is 0 Å². The minimum absolute atomic E-state index is 0.0805. The number of rotatable bonds is 5. The van der Waals surface area contributed by atoms with Crippen molar-refractivity contribution in [3.8, 4) is 0 Å². The number of carbonyl (C=O) groups excluding carboxylic acids is 3. The van der Waals surface area contributed by atoms with Crippen molar-refractivity contribution in [2.24, 2.45) is 35.0 Å². The van der Waals surface area contributed by atoms with Gasteiger partial charge in [0.15, 0.2) is 5.60 Å². The van der Waals surface area contributed by atoms with Crippen LogP contribution in [0.25, 0.3) is 0 Å². The highest BCUT2D eigenvalue weighted by atomic mass is 16.6. The predicted molar refractivity (Wildman–Crippen MR) is 88.2 cm³/mol. The average molecular weight is 352 g/mol. The molecule has 0 aromatic rings. The summed E-state index contributed by atoms with van der Waals surface area (Å²) in [4.78, 5) is 37.7. The predicted octanol–water partition coefficient (Wildman–Crippen LogP) is 2.34. The zero-order valence-electron chi connectivity index (χ0n) is 15.8. The van der Waals surface area contributed by atoms with Gasteiger partial charge in [0.1, 0.15) is 6.10 Å². The fourth-order valence-corrected chi connectivity index (χ4v) is 5.03. The molecule has 1 saturated heterocycles. The van der Waals surface area contributed by atoms with E-state index in [4.69, 9.17) is 14.2 Å². The lowest BCUT2D eigenvalue weighted by atomic mass is 9.66. The summed E-state index contributed by atoms with van der Waals surface area (Å²) in [6.45, 7) is 9.55. The molecule has 6 atom stereocenters. The average Bonchev–Trinajstić information content (AvgIpc) is 3.16. The lowest BCUT2D eigenvalue weighted by molar-refractivity contribution is -0.207. The molecule has 1 heterocycles. The molecule has 0 amide bonds. The van der Waals surface area contributed by atoms with E-state index in [1.165, 1.54) is 7.11 Å². The van der Waals surface area contributed by atoms with Crippen molar-refractivity contribution in [3.63, 3.8) is 0 Å². The first-order chi connectivity index (χ1) is 11.6. The topological polar surface area (TPSA) is 78.9 Å². The molecule has 6 unspecified atom stereocenters. The van der Waals surface area contributed by atoms with Crippen molar-refractivity contribution >= 4 is 17.9 Å². The van der Waals surface area contributed by atoms with E-state index in [0.29, 0.717) is 12.8 Å². The molecule has 3 fully saturated rings. The fourth-order valence-electron chi connectivity index (χ4n) is 5.03. The molecular formula is C19H28O6. The summed E-state index contributed by atoms with van der Waals surface area (Å²) in [7, 11) is 1.33. The Morgan fingerprint density at radius 2 is 2.00 bits per heavy atom. The van der Waals surface area contributed by atoms with Crippen LogP contribution in [0.1, 0.15) is 47.5 Å². The first-order valence-corrected chi connectivity index (χ1v) is 9.13. The van der Waals surface area contributed by atoms with Crippen molar-refractivity contribution in [2.45, 2.75) is 59.2 Å². The Balaban J connectivity index is 2.04. The number of ether oxygens (including phenoxy) is 3. The molecule has 3 aliphatic rings. The van der Waals surface area contributed by atoms with Gasteiger partial charge in [0.05, 0.1) is 24.4 Å².